The zero-order chi connectivity index (χ0) is 21.6. The fraction of sp³-hybridized carbons (Fsp3) is 0.0952. The van der Waals surface area contributed by atoms with Gasteiger partial charge >= 0.3 is 0 Å². The molecule has 156 valence electrons. The fourth-order valence-corrected chi connectivity index (χ4v) is 3.63. The number of halogens is 2. The van der Waals surface area contributed by atoms with Gasteiger partial charge in [0.1, 0.15) is 11.6 Å². The zero-order valence-electron chi connectivity index (χ0n) is 15.6. The summed E-state index contributed by atoms with van der Waals surface area (Å²) in [5.41, 5.74) is 1.14. The Bertz CT molecular complexity index is 1100. The van der Waals surface area contributed by atoms with Gasteiger partial charge in [0.2, 0.25) is 0 Å². The first-order valence-corrected chi connectivity index (χ1v) is 10.7. The fourth-order valence-electron chi connectivity index (χ4n) is 2.45. The number of rotatable bonds is 8. The molecule has 9 heteroatoms. The van der Waals surface area contributed by atoms with Gasteiger partial charge in [0.25, 0.3) is 15.9 Å². The van der Waals surface area contributed by atoms with E-state index in [1.165, 1.54) is 36.4 Å². The lowest BCUT2D eigenvalue weighted by Gasteiger charge is -2.10. The van der Waals surface area contributed by atoms with Crippen LogP contribution in [-0.2, 0) is 21.4 Å². The molecule has 0 bridgehead atoms. The third-order valence-corrected chi connectivity index (χ3v) is 5.65. The highest BCUT2D eigenvalue weighted by molar-refractivity contribution is 7.92. The largest absolute Gasteiger partial charge is 0.484 e. The summed E-state index contributed by atoms with van der Waals surface area (Å²) in [6, 6.07) is 17.7. The van der Waals surface area contributed by atoms with E-state index in [-0.39, 0.29) is 23.1 Å². The number of amides is 1. The highest BCUT2D eigenvalue weighted by Gasteiger charge is 2.14. The predicted octanol–water partition coefficient (Wildman–Crippen LogP) is 3.98. The van der Waals surface area contributed by atoms with Crippen LogP contribution in [0.3, 0.4) is 0 Å². The van der Waals surface area contributed by atoms with E-state index >= 15 is 0 Å². The van der Waals surface area contributed by atoms with E-state index < -0.39 is 15.8 Å². The number of sulfonamides is 1. The molecular formula is C21H18ClFN2O4S. The first-order chi connectivity index (χ1) is 14.3. The molecule has 0 atom stereocenters. The smallest absolute Gasteiger partial charge is 0.261 e. The van der Waals surface area contributed by atoms with E-state index in [9.17, 15) is 17.6 Å². The van der Waals surface area contributed by atoms with Crippen molar-refractivity contribution >= 4 is 33.2 Å². The quantitative estimate of drug-likeness (QED) is 0.546. The number of anilines is 1. The molecule has 0 saturated heterocycles. The summed E-state index contributed by atoms with van der Waals surface area (Å²) in [5, 5.41) is 3.33. The summed E-state index contributed by atoms with van der Waals surface area (Å²) < 4.78 is 45.5. The molecule has 1 amide bonds. The lowest BCUT2D eigenvalue weighted by atomic mass is 10.2. The van der Waals surface area contributed by atoms with Crippen LogP contribution in [0.25, 0.3) is 0 Å². The Hall–Kier alpha value is -3.10. The van der Waals surface area contributed by atoms with E-state index in [1.807, 2.05) is 12.1 Å². The number of benzene rings is 3. The monoisotopic (exact) mass is 448 g/mol. The summed E-state index contributed by atoms with van der Waals surface area (Å²) in [4.78, 5) is 11.9. The molecule has 0 radical (unpaired) electrons. The molecule has 3 aromatic carbocycles. The lowest BCUT2D eigenvalue weighted by molar-refractivity contribution is -0.123. The third-order valence-electron chi connectivity index (χ3n) is 4.00. The summed E-state index contributed by atoms with van der Waals surface area (Å²) in [6.07, 6.45) is 0. The predicted molar refractivity (Wildman–Crippen MR) is 112 cm³/mol. The van der Waals surface area contributed by atoms with Gasteiger partial charge in [-0.25, -0.2) is 12.8 Å². The highest BCUT2D eigenvalue weighted by Crippen LogP contribution is 2.19. The summed E-state index contributed by atoms with van der Waals surface area (Å²) in [5.74, 6) is -0.436. The molecule has 0 spiro atoms. The van der Waals surface area contributed by atoms with Gasteiger partial charge in [-0.1, -0.05) is 23.7 Å². The zero-order valence-corrected chi connectivity index (χ0v) is 17.2. The number of hydrogen-bond acceptors (Lipinski definition) is 4. The van der Waals surface area contributed by atoms with Gasteiger partial charge in [0.15, 0.2) is 6.61 Å². The molecule has 0 aromatic heterocycles. The molecule has 30 heavy (non-hydrogen) atoms. The van der Waals surface area contributed by atoms with Crippen molar-refractivity contribution in [2.45, 2.75) is 11.4 Å². The maximum Gasteiger partial charge on any atom is 0.261 e. The minimum absolute atomic E-state index is 0.00589. The van der Waals surface area contributed by atoms with Gasteiger partial charge in [0, 0.05) is 17.3 Å². The van der Waals surface area contributed by atoms with Crippen molar-refractivity contribution in [2.24, 2.45) is 0 Å². The molecule has 0 heterocycles. The van der Waals surface area contributed by atoms with Gasteiger partial charge in [0.05, 0.1) is 4.90 Å². The minimum Gasteiger partial charge on any atom is -0.484 e. The van der Waals surface area contributed by atoms with Crippen LogP contribution in [-0.4, -0.2) is 20.9 Å². The van der Waals surface area contributed by atoms with Crippen molar-refractivity contribution in [1.29, 1.82) is 0 Å². The molecule has 3 aromatic rings. The second kappa shape index (κ2) is 9.60. The van der Waals surface area contributed by atoms with Crippen molar-refractivity contribution in [3.05, 3.63) is 89.2 Å². The molecule has 0 fully saturated rings. The van der Waals surface area contributed by atoms with E-state index in [0.717, 1.165) is 17.7 Å². The van der Waals surface area contributed by atoms with Crippen LogP contribution < -0.4 is 14.8 Å². The standard InChI is InChI=1S/C21H18ClFN2O4S/c22-16-3-1-15(2-4-16)13-24-21(26)14-29-19-9-11-20(12-10-19)30(27,28)25-18-7-5-17(23)6-8-18/h1-12,25H,13-14H2,(H,24,26). The Morgan fingerprint density at radius 2 is 1.57 bits per heavy atom. The first kappa shape index (κ1) is 21.6. The Kier molecular flexibility index (Phi) is 6.91. The molecule has 3 rings (SSSR count). The average molecular weight is 449 g/mol. The minimum atomic E-state index is -3.83. The van der Waals surface area contributed by atoms with Gasteiger partial charge < -0.3 is 10.1 Å². The number of ether oxygens (including phenoxy) is 1. The summed E-state index contributed by atoms with van der Waals surface area (Å²) >= 11 is 5.81. The molecular weight excluding hydrogens is 431 g/mol. The Morgan fingerprint density at radius 1 is 0.933 bits per heavy atom. The van der Waals surface area contributed by atoms with Crippen LogP contribution in [0.4, 0.5) is 10.1 Å². The molecule has 2 N–H and O–H groups in total. The number of nitrogens with one attached hydrogen (secondary N) is 2. The number of hydrogen-bond donors (Lipinski definition) is 2. The van der Waals surface area contributed by atoms with Crippen LogP contribution in [0.2, 0.25) is 5.02 Å². The summed E-state index contributed by atoms with van der Waals surface area (Å²) in [7, 11) is -3.83. The van der Waals surface area contributed by atoms with Crippen LogP contribution in [0.5, 0.6) is 5.75 Å². The van der Waals surface area contributed by atoms with Crippen LogP contribution in [0.1, 0.15) is 5.56 Å². The molecule has 0 aliphatic rings. The maximum absolute atomic E-state index is 12.9. The second-order valence-electron chi connectivity index (χ2n) is 6.28. The lowest BCUT2D eigenvalue weighted by Crippen LogP contribution is -2.28. The van der Waals surface area contributed by atoms with Gasteiger partial charge in [-0.2, -0.15) is 0 Å². The van der Waals surface area contributed by atoms with Crippen molar-refractivity contribution < 1.29 is 22.3 Å². The van der Waals surface area contributed by atoms with E-state index in [4.69, 9.17) is 16.3 Å². The topological polar surface area (TPSA) is 84.5 Å². The molecule has 0 unspecified atom stereocenters. The van der Waals surface area contributed by atoms with Crippen molar-refractivity contribution in [3.8, 4) is 5.75 Å². The molecule has 0 saturated carbocycles. The number of carbonyl (C=O) groups is 1. The Labute approximate surface area is 178 Å². The van der Waals surface area contributed by atoms with Gasteiger partial charge in [-0.15, -0.1) is 0 Å². The highest BCUT2D eigenvalue weighted by atomic mass is 35.5. The van der Waals surface area contributed by atoms with Crippen LogP contribution in [0.15, 0.2) is 77.7 Å². The van der Waals surface area contributed by atoms with E-state index in [1.54, 1.807) is 12.1 Å². The van der Waals surface area contributed by atoms with Crippen molar-refractivity contribution in [1.82, 2.24) is 5.32 Å². The van der Waals surface area contributed by atoms with Crippen molar-refractivity contribution in [3.63, 3.8) is 0 Å². The molecule has 0 aliphatic carbocycles. The first-order valence-electron chi connectivity index (χ1n) is 8.84. The Balaban J connectivity index is 1.51. The van der Waals surface area contributed by atoms with Gasteiger partial charge in [-0.05, 0) is 66.2 Å². The third kappa shape index (κ3) is 6.20. The Morgan fingerprint density at radius 3 is 2.20 bits per heavy atom. The maximum atomic E-state index is 12.9. The number of carbonyl (C=O) groups excluding carboxylic acids is 1. The molecule has 0 aliphatic heterocycles. The van der Waals surface area contributed by atoms with Crippen LogP contribution >= 0.6 is 11.6 Å². The SMILES string of the molecule is O=C(COc1ccc(S(=O)(=O)Nc2ccc(F)cc2)cc1)NCc1ccc(Cl)cc1. The van der Waals surface area contributed by atoms with Gasteiger partial charge in [-0.3, -0.25) is 9.52 Å². The van der Waals surface area contributed by atoms with E-state index in [0.29, 0.717) is 17.3 Å². The normalized spacial score (nSPS) is 11.0. The van der Waals surface area contributed by atoms with Crippen LogP contribution in [0, 0.1) is 5.82 Å². The van der Waals surface area contributed by atoms with E-state index in [2.05, 4.69) is 10.0 Å². The second-order valence-corrected chi connectivity index (χ2v) is 8.39. The molecule has 6 nitrogen and oxygen atoms in total. The summed E-state index contributed by atoms with van der Waals surface area (Å²) in [6.45, 7) is 0.124. The van der Waals surface area contributed by atoms with Crippen molar-refractivity contribution in [2.75, 3.05) is 11.3 Å². The average Bonchev–Trinajstić information content (AvgIpc) is 2.73.